The molecule has 0 aliphatic carbocycles. The number of carbonyl (C=O) groups is 2. The van der Waals surface area contributed by atoms with Gasteiger partial charge in [-0.15, -0.1) is 0 Å². The Bertz CT molecular complexity index is 887. The van der Waals surface area contributed by atoms with E-state index in [2.05, 4.69) is 15.9 Å². The summed E-state index contributed by atoms with van der Waals surface area (Å²) in [7, 11) is 1.59. The first-order valence-electron chi connectivity index (χ1n) is 9.08. The number of ketones is 1. The summed E-state index contributed by atoms with van der Waals surface area (Å²) in [6.07, 6.45) is 4.11. The van der Waals surface area contributed by atoms with E-state index in [1.807, 2.05) is 0 Å². The Hall–Kier alpha value is -2.47. The van der Waals surface area contributed by atoms with Gasteiger partial charge in [-0.05, 0) is 61.4 Å². The minimum Gasteiger partial charge on any atom is -0.497 e. The molecule has 0 unspecified atom stereocenters. The molecule has 3 rings (SSSR count). The number of halogens is 2. The van der Waals surface area contributed by atoms with Gasteiger partial charge >= 0.3 is 0 Å². The number of amides is 1. The number of Topliss-reactive ketones (excluding diaryl/α,β-unsaturated/α-hetero) is 1. The lowest BCUT2D eigenvalue weighted by Gasteiger charge is -2.30. The van der Waals surface area contributed by atoms with Crippen LogP contribution in [0.2, 0.25) is 0 Å². The third kappa shape index (κ3) is 4.87. The van der Waals surface area contributed by atoms with Gasteiger partial charge in [0.25, 0.3) is 0 Å². The van der Waals surface area contributed by atoms with Crippen molar-refractivity contribution in [3.8, 4) is 5.75 Å². The quantitative estimate of drug-likeness (QED) is 0.493. The number of rotatable bonds is 5. The maximum Gasteiger partial charge on any atom is 0.246 e. The van der Waals surface area contributed by atoms with Crippen molar-refractivity contribution < 1.29 is 18.7 Å². The number of benzene rings is 2. The fourth-order valence-electron chi connectivity index (χ4n) is 3.26. The van der Waals surface area contributed by atoms with E-state index in [0.717, 1.165) is 4.47 Å². The molecule has 2 aromatic carbocycles. The maximum absolute atomic E-state index is 13.8. The molecule has 1 aliphatic heterocycles. The molecule has 0 saturated carbocycles. The van der Waals surface area contributed by atoms with Crippen LogP contribution in [0.15, 0.2) is 53.0 Å². The van der Waals surface area contributed by atoms with Crippen LogP contribution in [-0.4, -0.2) is 36.8 Å². The summed E-state index contributed by atoms with van der Waals surface area (Å²) in [5.74, 6) is 0.168. The lowest BCUT2D eigenvalue weighted by Crippen LogP contribution is -2.39. The normalized spacial score (nSPS) is 15.0. The molecule has 0 atom stereocenters. The zero-order chi connectivity index (χ0) is 20.1. The van der Waals surface area contributed by atoms with Crippen LogP contribution < -0.4 is 4.74 Å². The Balaban J connectivity index is 1.56. The lowest BCUT2D eigenvalue weighted by atomic mass is 9.89. The topological polar surface area (TPSA) is 46.6 Å². The van der Waals surface area contributed by atoms with Crippen molar-refractivity contribution in [2.45, 2.75) is 12.8 Å². The first-order valence-corrected chi connectivity index (χ1v) is 9.87. The summed E-state index contributed by atoms with van der Waals surface area (Å²) >= 11 is 3.29. The van der Waals surface area contributed by atoms with E-state index in [-0.39, 0.29) is 23.4 Å². The second-order valence-corrected chi connectivity index (χ2v) is 7.61. The van der Waals surface area contributed by atoms with Gasteiger partial charge < -0.3 is 9.64 Å². The van der Waals surface area contributed by atoms with E-state index in [1.165, 1.54) is 18.2 Å². The van der Waals surface area contributed by atoms with Crippen LogP contribution >= 0.6 is 15.9 Å². The summed E-state index contributed by atoms with van der Waals surface area (Å²) in [4.78, 5) is 26.7. The molecule has 6 heteroatoms. The summed E-state index contributed by atoms with van der Waals surface area (Å²) < 4.78 is 19.6. The van der Waals surface area contributed by atoms with Crippen molar-refractivity contribution in [1.82, 2.24) is 4.90 Å². The first-order chi connectivity index (χ1) is 13.5. The minimum absolute atomic E-state index is 0.0936. The monoisotopic (exact) mass is 445 g/mol. The molecule has 28 heavy (non-hydrogen) atoms. The number of piperidine rings is 1. The van der Waals surface area contributed by atoms with Gasteiger partial charge in [0.1, 0.15) is 11.6 Å². The number of methoxy groups -OCH3 is 1. The van der Waals surface area contributed by atoms with Crippen molar-refractivity contribution >= 4 is 33.7 Å². The fourth-order valence-corrected chi connectivity index (χ4v) is 3.64. The van der Waals surface area contributed by atoms with E-state index in [1.54, 1.807) is 48.4 Å². The molecule has 4 nitrogen and oxygen atoms in total. The molecular weight excluding hydrogens is 425 g/mol. The van der Waals surface area contributed by atoms with Crippen molar-refractivity contribution in [3.63, 3.8) is 0 Å². The van der Waals surface area contributed by atoms with Gasteiger partial charge in [0, 0.05) is 40.7 Å². The van der Waals surface area contributed by atoms with Gasteiger partial charge in [-0.3, -0.25) is 9.59 Å². The van der Waals surface area contributed by atoms with Crippen LogP contribution in [0.5, 0.6) is 5.75 Å². The molecule has 0 radical (unpaired) electrons. The second kappa shape index (κ2) is 9.15. The molecule has 146 valence electrons. The van der Waals surface area contributed by atoms with Crippen molar-refractivity contribution in [3.05, 3.63) is 70.0 Å². The predicted molar refractivity (Wildman–Crippen MR) is 110 cm³/mol. The zero-order valence-electron chi connectivity index (χ0n) is 15.5. The number of hydrogen-bond acceptors (Lipinski definition) is 3. The number of likely N-dealkylation sites (tertiary alicyclic amines) is 1. The minimum atomic E-state index is -0.379. The molecule has 2 aromatic rings. The van der Waals surface area contributed by atoms with Gasteiger partial charge in [-0.25, -0.2) is 4.39 Å². The van der Waals surface area contributed by atoms with Crippen molar-refractivity contribution in [2.75, 3.05) is 20.2 Å². The Labute approximate surface area is 172 Å². The number of nitrogens with zero attached hydrogens (tertiary/aromatic N) is 1. The average molecular weight is 446 g/mol. The Morgan fingerprint density at radius 2 is 1.82 bits per heavy atom. The number of hydrogen-bond donors (Lipinski definition) is 0. The third-order valence-corrected chi connectivity index (χ3v) is 5.41. The van der Waals surface area contributed by atoms with Crippen molar-refractivity contribution in [1.29, 1.82) is 0 Å². The molecule has 1 saturated heterocycles. The summed E-state index contributed by atoms with van der Waals surface area (Å²) in [6, 6.07) is 11.7. The fraction of sp³-hybridized carbons (Fsp3) is 0.273. The van der Waals surface area contributed by atoms with E-state index < -0.39 is 0 Å². The Kier molecular flexibility index (Phi) is 6.62. The molecule has 0 N–H and O–H groups in total. The predicted octanol–water partition coefficient (Wildman–Crippen LogP) is 4.73. The van der Waals surface area contributed by atoms with E-state index in [0.29, 0.717) is 42.8 Å². The molecular formula is C22H21BrFNO3. The van der Waals surface area contributed by atoms with Crippen molar-refractivity contribution in [2.24, 2.45) is 5.92 Å². The molecule has 0 bridgehead atoms. The largest absolute Gasteiger partial charge is 0.497 e. The molecule has 1 aliphatic rings. The highest BCUT2D eigenvalue weighted by Crippen LogP contribution is 2.23. The molecule has 1 fully saturated rings. The lowest BCUT2D eigenvalue weighted by molar-refractivity contribution is -0.127. The van der Waals surface area contributed by atoms with Gasteiger partial charge in [0.05, 0.1) is 7.11 Å². The average Bonchev–Trinajstić information content (AvgIpc) is 2.73. The highest BCUT2D eigenvalue weighted by molar-refractivity contribution is 9.10. The third-order valence-electron chi connectivity index (χ3n) is 4.92. The SMILES string of the molecule is COc1ccc(C(=O)C2CCN(C(=O)C=Cc3cc(Br)ccc3F)CC2)cc1. The van der Waals surface area contributed by atoms with Crippen LogP contribution in [0.1, 0.15) is 28.8 Å². The van der Waals surface area contributed by atoms with Gasteiger partial charge in [-0.2, -0.15) is 0 Å². The van der Waals surface area contributed by atoms with E-state index in [4.69, 9.17) is 4.74 Å². The highest BCUT2D eigenvalue weighted by Gasteiger charge is 2.27. The van der Waals surface area contributed by atoms with E-state index in [9.17, 15) is 14.0 Å². The molecule has 0 spiro atoms. The van der Waals surface area contributed by atoms with Crippen LogP contribution in [0.4, 0.5) is 4.39 Å². The van der Waals surface area contributed by atoms with Gasteiger partial charge in [0.15, 0.2) is 5.78 Å². The zero-order valence-corrected chi connectivity index (χ0v) is 17.1. The standard InChI is InChI=1S/C22H21BrFNO3/c1-28-19-6-2-15(3-7-19)22(27)16-10-12-25(13-11-16)21(26)9-4-17-14-18(23)5-8-20(17)24/h2-9,14,16H,10-13H2,1H3. The molecule has 1 heterocycles. The highest BCUT2D eigenvalue weighted by atomic mass is 79.9. The van der Waals surface area contributed by atoms with Crippen LogP contribution in [0.25, 0.3) is 6.08 Å². The maximum atomic E-state index is 13.8. The summed E-state index contributed by atoms with van der Waals surface area (Å²) in [6.45, 7) is 1.02. The van der Waals surface area contributed by atoms with Crippen LogP contribution in [0, 0.1) is 11.7 Å². The molecule has 1 amide bonds. The summed E-state index contributed by atoms with van der Waals surface area (Å²) in [5, 5.41) is 0. The van der Waals surface area contributed by atoms with Gasteiger partial charge in [-0.1, -0.05) is 15.9 Å². The Morgan fingerprint density at radius 1 is 1.14 bits per heavy atom. The summed E-state index contributed by atoms with van der Waals surface area (Å²) in [5.41, 5.74) is 1.02. The number of ether oxygens (including phenoxy) is 1. The van der Waals surface area contributed by atoms with Crippen LogP contribution in [-0.2, 0) is 4.79 Å². The second-order valence-electron chi connectivity index (χ2n) is 6.69. The van der Waals surface area contributed by atoms with E-state index >= 15 is 0 Å². The number of carbonyl (C=O) groups excluding carboxylic acids is 2. The Morgan fingerprint density at radius 3 is 2.46 bits per heavy atom. The smallest absolute Gasteiger partial charge is 0.246 e. The first kappa shape index (κ1) is 20.3. The van der Waals surface area contributed by atoms with Gasteiger partial charge in [0.2, 0.25) is 5.91 Å². The van der Waals surface area contributed by atoms with Crippen LogP contribution in [0.3, 0.4) is 0 Å². The molecule has 0 aromatic heterocycles.